The van der Waals surface area contributed by atoms with Crippen molar-refractivity contribution in [1.82, 2.24) is 10.3 Å². The number of benzene rings is 1. The van der Waals surface area contributed by atoms with Gasteiger partial charge in [-0.25, -0.2) is 0 Å². The lowest BCUT2D eigenvalue weighted by Crippen LogP contribution is -2.29. The number of carbonyl (C=O) groups excluding carboxylic acids is 1. The van der Waals surface area contributed by atoms with Crippen LogP contribution in [-0.2, 0) is 11.3 Å². The SMILES string of the molecule is O=C(CNc1ccccc1)NCc1cccnc1. The molecule has 1 aromatic carbocycles. The van der Waals surface area contributed by atoms with E-state index in [9.17, 15) is 4.79 Å². The maximum Gasteiger partial charge on any atom is 0.239 e. The third kappa shape index (κ3) is 3.90. The molecule has 0 aliphatic heterocycles. The zero-order valence-corrected chi connectivity index (χ0v) is 9.97. The number of nitrogens with zero attached hydrogens (tertiary/aromatic N) is 1. The minimum atomic E-state index is -0.0392. The predicted molar refractivity (Wildman–Crippen MR) is 71.0 cm³/mol. The van der Waals surface area contributed by atoms with Gasteiger partial charge in [0.2, 0.25) is 5.91 Å². The summed E-state index contributed by atoms with van der Waals surface area (Å²) >= 11 is 0. The number of carbonyl (C=O) groups is 1. The Kier molecular flexibility index (Phi) is 4.30. The maximum atomic E-state index is 11.6. The second-order valence-electron chi connectivity index (χ2n) is 3.86. The maximum absolute atomic E-state index is 11.6. The Morgan fingerprint density at radius 1 is 1.11 bits per heavy atom. The molecule has 1 heterocycles. The van der Waals surface area contributed by atoms with E-state index in [2.05, 4.69) is 15.6 Å². The second kappa shape index (κ2) is 6.39. The average molecular weight is 241 g/mol. The van der Waals surface area contributed by atoms with E-state index in [-0.39, 0.29) is 12.5 Å². The molecule has 0 aliphatic carbocycles. The van der Waals surface area contributed by atoms with Gasteiger partial charge in [0.1, 0.15) is 0 Å². The summed E-state index contributed by atoms with van der Waals surface area (Å²) < 4.78 is 0. The van der Waals surface area contributed by atoms with Crippen LogP contribution in [-0.4, -0.2) is 17.4 Å². The fourth-order valence-corrected chi connectivity index (χ4v) is 1.50. The van der Waals surface area contributed by atoms with E-state index >= 15 is 0 Å². The first-order valence-electron chi connectivity index (χ1n) is 5.79. The molecule has 4 nitrogen and oxygen atoms in total. The van der Waals surface area contributed by atoms with Crippen LogP contribution in [0.1, 0.15) is 5.56 Å². The van der Waals surface area contributed by atoms with E-state index in [1.807, 2.05) is 42.5 Å². The molecule has 92 valence electrons. The Bertz CT molecular complexity index is 439. The smallest absolute Gasteiger partial charge is 0.239 e. The van der Waals surface area contributed by atoms with Crippen LogP contribution in [0, 0.1) is 0 Å². The van der Waals surface area contributed by atoms with Gasteiger partial charge in [-0.1, -0.05) is 24.3 Å². The molecule has 0 atom stereocenters. The first-order chi connectivity index (χ1) is 8.84. The lowest BCUT2D eigenvalue weighted by molar-refractivity contribution is -0.119. The summed E-state index contributed by atoms with van der Waals surface area (Å²) in [6.07, 6.45) is 3.45. The van der Waals surface area contributed by atoms with Gasteiger partial charge in [-0.2, -0.15) is 0 Å². The third-order valence-electron chi connectivity index (χ3n) is 2.44. The summed E-state index contributed by atoms with van der Waals surface area (Å²) in [7, 11) is 0. The van der Waals surface area contributed by atoms with Crippen LogP contribution in [0.5, 0.6) is 0 Å². The molecule has 0 radical (unpaired) electrons. The number of anilines is 1. The summed E-state index contributed by atoms with van der Waals surface area (Å²) in [5.74, 6) is -0.0392. The summed E-state index contributed by atoms with van der Waals surface area (Å²) in [4.78, 5) is 15.6. The third-order valence-corrected chi connectivity index (χ3v) is 2.44. The Labute approximate surface area is 106 Å². The number of pyridine rings is 1. The van der Waals surface area contributed by atoms with Crippen molar-refractivity contribution < 1.29 is 4.79 Å². The van der Waals surface area contributed by atoms with Gasteiger partial charge in [0, 0.05) is 24.6 Å². The number of rotatable bonds is 5. The highest BCUT2D eigenvalue weighted by Gasteiger charge is 2.00. The van der Waals surface area contributed by atoms with Crippen LogP contribution in [0.4, 0.5) is 5.69 Å². The lowest BCUT2D eigenvalue weighted by atomic mass is 10.3. The molecule has 0 saturated heterocycles. The van der Waals surface area contributed by atoms with Gasteiger partial charge in [-0.05, 0) is 23.8 Å². The van der Waals surface area contributed by atoms with Crippen molar-refractivity contribution in [2.75, 3.05) is 11.9 Å². The van der Waals surface area contributed by atoms with Crippen LogP contribution < -0.4 is 10.6 Å². The summed E-state index contributed by atoms with van der Waals surface area (Å²) in [5.41, 5.74) is 1.93. The highest BCUT2D eigenvalue weighted by atomic mass is 16.1. The predicted octanol–water partition coefficient (Wildman–Crippen LogP) is 1.81. The van der Waals surface area contributed by atoms with Gasteiger partial charge in [-0.15, -0.1) is 0 Å². The number of amides is 1. The quantitative estimate of drug-likeness (QED) is 0.839. The molecule has 0 saturated carbocycles. The molecule has 1 amide bonds. The van der Waals surface area contributed by atoms with Crippen molar-refractivity contribution in [2.24, 2.45) is 0 Å². The normalized spacial score (nSPS) is 9.78. The molecule has 0 fully saturated rings. The van der Waals surface area contributed by atoms with E-state index in [1.54, 1.807) is 12.4 Å². The van der Waals surface area contributed by atoms with Gasteiger partial charge in [0.05, 0.1) is 6.54 Å². The topological polar surface area (TPSA) is 54.0 Å². The minimum Gasteiger partial charge on any atom is -0.376 e. The van der Waals surface area contributed by atoms with Crippen LogP contribution in [0.15, 0.2) is 54.9 Å². The number of nitrogens with one attached hydrogen (secondary N) is 2. The molecular formula is C14H15N3O. The Morgan fingerprint density at radius 2 is 1.94 bits per heavy atom. The summed E-state index contributed by atoms with van der Waals surface area (Å²) in [5, 5.41) is 5.88. The van der Waals surface area contributed by atoms with E-state index in [1.165, 1.54) is 0 Å². The highest BCUT2D eigenvalue weighted by molar-refractivity contribution is 5.80. The van der Waals surface area contributed by atoms with Crippen molar-refractivity contribution >= 4 is 11.6 Å². The van der Waals surface area contributed by atoms with E-state index in [0.717, 1.165) is 11.3 Å². The van der Waals surface area contributed by atoms with Gasteiger partial charge >= 0.3 is 0 Å². The van der Waals surface area contributed by atoms with Crippen molar-refractivity contribution in [3.63, 3.8) is 0 Å². The molecular weight excluding hydrogens is 226 g/mol. The second-order valence-corrected chi connectivity index (χ2v) is 3.86. The van der Waals surface area contributed by atoms with Crippen LogP contribution in [0.3, 0.4) is 0 Å². The van der Waals surface area contributed by atoms with E-state index < -0.39 is 0 Å². The molecule has 1 aromatic heterocycles. The number of hydrogen-bond donors (Lipinski definition) is 2. The summed E-state index contributed by atoms with van der Waals surface area (Å²) in [6, 6.07) is 13.4. The van der Waals surface area contributed by atoms with E-state index in [0.29, 0.717) is 6.54 Å². The van der Waals surface area contributed by atoms with Gasteiger partial charge in [-0.3, -0.25) is 9.78 Å². The van der Waals surface area contributed by atoms with Gasteiger partial charge in [0.15, 0.2) is 0 Å². The molecule has 0 bridgehead atoms. The molecule has 18 heavy (non-hydrogen) atoms. The van der Waals surface area contributed by atoms with Gasteiger partial charge < -0.3 is 10.6 Å². The fourth-order valence-electron chi connectivity index (χ4n) is 1.50. The molecule has 0 spiro atoms. The molecule has 2 N–H and O–H groups in total. The zero-order chi connectivity index (χ0) is 12.6. The van der Waals surface area contributed by atoms with Crippen molar-refractivity contribution in [3.8, 4) is 0 Å². The Hall–Kier alpha value is -2.36. The van der Waals surface area contributed by atoms with Crippen LogP contribution in [0.2, 0.25) is 0 Å². The molecule has 2 rings (SSSR count). The lowest BCUT2D eigenvalue weighted by Gasteiger charge is -2.07. The number of hydrogen-bond acceptors (Lipinski definition) is 3. The Morgan fingerprint density at radius 3 is 2.67 bits per heavy atom. The summed E-state index contributed by atoms with van der Waals surface area (Å²) in [6.45, 7) is 0.771. The first-order valence-corrected chi connectivity index (χ1v) is 5.79. The Balaban J connectivity index is 1.73. The molecule has 2 aromatic rings. The van der Waals surface area contributed by atoms with Gasteiger partial charge in [0.25, 0.3) is 0 Å². The monoisotopic (exact) mass is 241 g/mol. The zero-order valence-electron chi connectivity index (χ0n) is 9.97. The van der Waals surface area contributed by atoms with Crippen LogP contribution in [0.25, 0.3) is 0 Å². The largest absolute Gasteiger partial charge is 0.376 e. The number of para-hydroxylation sites is 1. The van der Waals surface area contributed by atoms with E-state index in [4.69, 9.17) is 0 Å². The van der Waals surface area contributed by atoms with Crippen molar-refractivity contribution in [3.05, 3.63) is 60.4 Å². The first kappa shape index (κ1) is 12.1. The minimum absolute atomic E-state index is 0.0392. The van der Waals surface area contributed by atoms with Crippen molar-refractivity contribution in [2.45, 2.75) is 6.54 Å². The van der Waals surface area contributed by atoms with Crippen LogP contribution >= 0.6 is 0 Å². The fraction of sp³-hybridized carbons (Fsp3) is 0.143. The average Bonchev–Trinajstić information content (AvgIpc) is 2.45. The standard InChI is InChI=1S/C14H15N3O/c18-14(11-16-13-6-2-1-3-7-13)17-10-12-5-4-8-15-9-12/h1-9,16H,10-11H2,(H,17,18). The molecule has 4 heteroatoms. The number of aromatic nitrogens is 1. The molecule has 0 aliphatic rings. The van der Waals surface area contributed by atoms with Crippen molar-refractivity contribution in [1.29, 1.82) is 0 Å². The highest BCUT2D eigenvalue weighted by Crippen LogP contribution is 2.03. The molecule has 0 unspecified atom stereocenters.